The van der Waals surface area contributed by atoms with E-state index in [-0.39, 0.29) is 12.3 Å². The van der Waals surface area contributed by atoms with Crippen LogP contribution in [0.2, 0.25) is 0 Å². The van der Waals surface area contributed by atoms with E-state index in [0.29, 0.717) is 12.1 Å². The summed E-state index contributed by atoms with van der Waals surface area (Å²) in [6, 6.07) is 11.6. The number of benzene rings is 1. The molecule has 1 saturated heterocycles. The first-order valence-electron chi connectivity index (χ1n) is 8.47. The van der Waals surface area contributed by atoms with Gasteiger partial charge >= 0.3 is 0 Å². The molecule has 2 aromatic rings. The van der Waals surface area contributed by atoms with E-state index in [1.54, 1.807) is 24.5 Å². The van der Waals surface area contributed by atoms with E-state index in [1.807, 2.05) is 23.1 Å². The van der Waals surface area contributed by atoms with E-state index in [1.165, 1.54) is 0 Å². The predicted molar refractivity (Wildman–Crippen MR) is 105 cm³/mol. The summed E-state index contributed by atoms with van der Waals surface area (Å²) in [5.74, 6) is -0.0213. The van der Waals surface area contributed by atoms with Crippen LogP contribution in [0.4, 0.5) is 0 Å². The van der Waals surface area contributed by atoms with Crippen molar-refractivity contribution in [1.29, 1.82) is 0 Å². The lowest BCUT2D eigenvalue weighted by atomic mass is 9.99. The van der Waals surface area contributed by atoms with Crippen LogP contribution in [0, 0.1) is 3.57 Å². The Morgan fingerprint density at radius 1 is 1.24 bits per heavy atom. The van der Waals surface area contributed by atoms with E-state index in [9.17, 15) is 9.90 Å². The molecule has 0 spiro atoms. The highest BCUT2D eigenvalue weighted by atomic mass is 127. The Hall–Kier alpha value is -1.51. The van der Waals surface area contributed by atoms with Crippen molar-refractivity contribution >= 4 is 28.5 Å². The van der Waals surface area contributed by atoms with Gasteiger partial charge in [-0.3, -0.25) is 15.1 Å². The van der Waals surface area contributed by atoms with Crippen LogP contribution in [0.15, 0.2) is 48.8 Å². The maximum atomic E-state index is 12.6. The fourth-order valence-electron chi connectivity index (χ4n) is 3.09. The quantitative estimate of drug-likeness (QED) is 0.524. The predicted octanol–water partition coefficient (Wildman–Crippen LogP) is 2.63. The van der Waals surface area contributed by atoms with Crippen molar-refractivity contribution in [3.63, 3.8) is 0 Å². The van der Waals surface area contributed by atoms with Crippen molar-refractivity contribution in [2.75, 3.05) is 13.1 Å². The molecule has 0 saturated carbocycles. The van der Waals surface area contributed by atoms with Crippen molar-refractivity contribution in [3.05, 3.63) is 63.5 Å². The summed E-state index contributed by atoms with van der Waals surface area (Å²) < 4.78 is 1.14. The van der Waals surface area contributed by atoms with Gasteiger partial charge in [0.25, 0.3) is 0 Å². The minimum atomic E-state index is -1.41. The third-order valence-corrected chi connectivity index (χ3v) is 5.17. The molecule has 1 aliphatic rings. The Kier molecular flexibility index (Phi) is 6.03. The average molecular weight is 451 g/mol. The number of aliphatic hydroxyl groups is 1. The van der Waals surface area contributed by atoms with Gasteiger partial charge in [-0.05, 0) is 65.3 Å². The topological polar surface area (TPSA) is 65.5 Å². The van der Waals surface area contributed by atoms with E-state index >= 15 is 0 Å². The summed E-state index contributed by atoms with van der Waals surface area (Å²) in [7, 11) is 0. The van der Waals surface area contributed by atoms with Crippen LogP contribution < -0.4 is 5.32 Å². The second-order valence-electron chi connectivity index (χ2n) is 6.34. The van der Waals surface area contributed by atoms with Gasteiger partial charge in [-0.1, -0.05) is 12.1 Å². The molecule has 1 atom stereocenters. The lowest BCUT2D eigenvalue weighted by molar-refractivity contribution is -0.137. The molecule has 5 nitrogen and oxygen atoms in total. The molecule has 25 heavy (non-hydrogen) atoms. The first-order valence-corrected chi connectivity index (χ1v) is 9.55. The molecule has 0 radical (unpaired) electrons. The number of pyridine rings is 1. The zero-order chi connectivity index (χ0) is 17.7. The molecule has 1 fully saturated rings. The largest absolute Gasteiger partial charge is 0.371 e. The number of rotatable bonds is 6. The molecule has 1 unspecified atom stereocenters. The molecule has 6 heteroatoms. The number of hydrogen-bond donors (Lipinski definition) is 2. The van der Waals surface area contributed by atoms with Crippen LogP contribution in [0.5, 0.6) is 0 Å². The highest BCUT2D eigenvalue weighted by molar-refractivity contribution is 14.1. The minimum absolute atomic E-state index is 0.0148. The van der Waals surface area contributed by atoms with E-state index in [0.717, 1.165) is 35.1 Å². The lowest BCUT2D eigenvalue weighted by Gasteiger charge is -2.31. The van der Waals surface area contributed by atoms with Gasteiger partial charge < -0.3 is 10.0 Å². The summed E-state index contributed by atoms with van der Waals surface area (Å²) >= 11 is 2.26. The van der Waals surface area contributed by atoms with E-state index in [2.05, 4.69) is 39.0 Å². The fourth-order valence-corrected chi connectivity index (χ4v) is 3.69. The molecule has 1 aromatic carbocycles. The van der Waals surface area contributed by atoms with Crippen molar-refractivity contribution in [2.24, 2.45) is 0 Å². The Morgan fingerprint density at radius 3 is 2.64 bits per heavy atom. The van der Waals surface area contributed by atoms with Crippen LogP contribution in [-0.2, 0) is 17.1 Å². The maximum Gasteiger partial charge on any atom is 0.227 e. The summed E-state index contributed by atoms with van der Waals surface area (Å²) in [6.07, 6.45) is 5.35. The van der Waals surface area contributed by atoms with Gasteiger partial charge in [0.1, 0.15) is 0 Å². The van der Waals surface area contributed by atoms with Crippen molar-refractivity contribution in [2.45, 2.75) is 31.5 Å². The monoisotopic (exact) mass is 451 g/mol. The third-order valence-electron chi connectivity index (χ3n) is 4.50. The number of nitrogens with one attached hydrogen (secondary N) is 1. The zero-order valence-electron chi connectivity index (χ0n) is 14.0. The number of carbonyl (C=O) groups is 1. The average Bonchev–Trinajstić information content (AvgIpc) is 3.16. The summed E-state index contributed by atoms with van der Waals surface area (Å²) in [5, 5.41) is 14.4. The molecular weight excluding hydrogens is 429 g/mol. The minimum Gasteiger partial charge on any atom is -0.371 e. The SMILES string of the molecule is O=C(CC(O)(NCc1cccc(I)c1)c1ccncc1)N1CCCC1. The molecule has 2 heterocycles. The Labute approximate surface area is 161 Å². The van der Waals surface area contributed by atoms with E-state index in [4.69, 9.17) is 0 Å². The van der Waals surface area contributed by atoms with Crippen LogP contribution >= 0.6 is 22.6 Å². The summed E-state index contributed by atoms with van der Waals surface area (Å²) in [4.78, 5) is 18.5. The number of halogens is 1. The standard InChI is InChI=1S/C19H22IN3O2/c20-17-5-3-4-15(12-17)14-22-19(25,16-6-8-21-9-7-16)13-18(24)23-10-1-2-11-23/h3-9,12,22,25H,1-2,10-11,13-14H2. The fraction of sp³-hybridized carbons (Fsp3) is 0.368. The number of nitrogens with zero attached hydrogens (tertiary/aromatic N) is 2. The first kappa shape index (κ1) is 18.3. The molecular formula is C19H22IN3O2. The molecule has 3 rings (SSSR count). The molecule has 2 N–H and O–H groups in total. The Balaban J connectivity index is 1.77. The van der Waals surface area contributed by atoms with Crippen molar-refractivity contribution < 1.29 is 9.90 Å². The van der Waals surface area contributed by atoms with Gasteiger partial charge in [0.15, 0.2) is 5.72 Å². The van der Waals surface area contributed by atoms with Crippen LogP contribution in [0.25, 0.3) is 0 Å². The van der Waals surface area contributed by atoms with Crippen molar-refractivity contribution in [3.8, 4) is 0 Å². The second-order valence-corrected chi connectivity index (χ2v) is 7.59. The molecule has 0 aliphatic carbocycles. The number of hydrogen-bond acceptors (Lipinski definition) is 4. The van der Waals surface area contributed by atoms with Crippen LogP contribution in [0.3, 0.4) is 0 Å². The highest BCUT2D eigenvalue weighted by Gasteiger charge is 2.34. The van der Waals surface area contributed by atoms with Gasteiger partial charge in [-0.2, -0.15) is 0 Å². The zero-order valence-corrected chi connectivity index (χ0v) is 16.1. The smallest absolute Gasteiger partial charge is 0.227 e. The van der Waals surface area contributed by atoms with Gasteiger partial charge in [0.2, 0.25) is 5.91 Å². The molecule has 1 aliphatic heterocycles. The summed E-state index contributed by atoms with van der Waals surface area (Å²) in [6.45, 7) is 2.03. The normalized spacial score (nSPS) is 16.6. The number of amides is 1. The Bertz CT molecular complexity index is 720. The maximum absolute atomic E-state index is 12.6. The van der Waals surface area contributed by atoms with Crippen LogP contribution in [-0.4, -0.2) is 34.0 Å². The molecule has 0 bridgehead atoms. The number of aromatic nitrogens is 1. The second kappa shape index (κ2) is 8.25. The summed E-state index contributed by atoms with van der Waals surface area (Å²) in [5.41, 5.74) is 0.304. The van der Waals surface area contributed by atoms with E-state index < -0.39 is 5.72 Å². The molecule has 132 valence electrons. The van der Waals surface area contributed by atoms with Gasteiger partial charge in [0.05, 0.1) is 6.42 Å². The number of carbonyl (C=O) groups excluding carboxylic acids is 1. The van der Waals surface area contributed by atoms with Crippen molar-refractivity contribution in [1.82, 2.24) is 15.2 Å². The van der Waals surface area contributed by atoms with Crippen LogP contribution in [0.1, 0.15) is 30.4 Å². The third kappa shape index (κ3) is 4.77. The number of likely N-dealkylation sites (tertiary alicyclic amines) is 1. The van der Waals surface area contributed by atoms with Gasteiger partial charge in [0, 0.05) is 41.2 Å². The molecule has 1 amide bonds. The highest BCUT2D eigenvalue weighted by Crippen LogP contribution is 2.25. The first-order chi connectivity index (χ1) is 12.1. The van der Waals surface area contributed by atoms with Gasteiger partial charge in [-0.25, -0.2) is 0 Å². The Morgan fingerprint density at radius 2 is 1.96 bits per heavy atom. The van der Waals surface area contributed by atoms with Gasteiger partial charge in [-0.15, -0.1) is 0 Å². The molecule has 1 aromatic heterocycles. The lowest BCUT2D eigenvalue weighted by Crippen LogP contribution is -2.46.